The van der Waals surface area contributed by atoms with Crippen molar-refractivity contribution >= 4 is 19.8 Å². The highest BCUT2D eigenvalue weighted by molar-refractivity contribution is 7.47. The normalized spacial score (nSPS) is 13.5. The van der Waals surface area contributed by atoms with Crippen LogP contribution in [0.25, 0.3) is 0 Å². The van der Waals surface area contributed by atoms with Gasteiger partial charge in [-0.2, -0.15) is 0 Å². The van der Waals surface area contributed by atoms with Crippen molar-refractivity contribution in [3.8, 4) is 0 Å². The smallest absolute Gasteiger partial charge is 0.462 e. The van der Waals surface area contributed by atoms with Gasteiger partial charge in [-0.3, -0.25) is 18.6 Å². The third-order valence-corrected chi connectivity index (χ3v) is 11.0. The van der Waals surface area contributed by atoms with Crippen LogP contribution in [-0.2, 0) is 32.7 Å². The number of hydrogen-bond acceptors (Lipinski definition) is 8. The molecule has 0 spiro atoms. The van der Waals surface area contributed by atoms with Gasteiger partial charge in [0, 0.05) is 19.4 Å². The van der Waals surface area contributed by atoms with Crippen molar-refractivity contribution in [2.45, 2.75) is 225 Å². The van der Waals surface area contributed by atoms with Gasteiger partial charge in [-0.25, -0.2) is 4.57 Å². The van der Waals surface area contributed by atoms with E-state index in [4.69, 9.17) is 24.3 Å². The fourth-order valence-electron chi connectivity index (χ4n) is 6.59. The zero-order chi connectivity index (χ0) is 41.8. The van der Waals surface area contributed by atoms with E-state index in [1.54, 1.807) is 0 Å². The van der Waals surface area contributed by atoms with Crippen molar-refractivity contribution in [2.75, 3.05) is 26.4 Å². The molecule has 0 amide bonds. The first-order valence-electron chi connectivity index (χ1n) is 23.5. The maximum absolute atomic E-state index is 12.6. The van der Waals surface area contributed by atoms with E-state index >= 15 is 0 Å². The highest BCUT2D eigenvalue weighted by atomic mass is 31.2. The van der Waals surface area contributed by atoms with E-state index in [2.05, 4.69) is 50.3 Å². The molecule has 0 heterocycles. The molecule has 3 N–H and O–H groups in total. The van der Waals surface area contributed by atoms with Gasteiger partial charge in [0.15, 0.2) is 6.10 Å². The molecule has 0 radical (unpaired) electrons. The van der Waals surface area contributed by atoms with Gasteiger partial charge in [-0.15, -0.1) is 0 Å². The summed E-state index contributed by atoms with van der Waals surface area (Å²) >= 11 is 0. The summed E-state index contributed by atoms with van der Waals surface area (Å²) in [6.07, 6.45) is 49.0. The Kier molecular flexibility index (Phi) is 42.4. The fourth-order valence-corrected chi connectivity index (χ4v) is 7.36. The van der Waals surface area contributed by atoms with E-state index in [-0.39, 0.29) is 38.6 Å². The van der Waals surface area contributed by atoms with Gasteiger partial charge in [0.25, 0.3) is 0 Å². The molecule has 1 unspecified atom stereocenters. The molecule has 0 aromatic carbocycles. The molecular formula is C47H88NO8P. The predicted octanol–water partition coefficient (Wildman–Crippen LogP) is 13.7. The number of nitrogens with two attached hydrogens (primary N) is 1. The molecule has 0 rings (SSSR count). The molecule has 0 aromatic heterocycles. The predicted molar refractivity (Wildman–Crippen MR) is 238 cm³/mol. The second-order valence-corrected chi connectivity index (χ2v) is 17.1. The third kappa shape index (κ3) is 43.6. The van der Waals surface area contributed by atoms with E-state index in [9.17, 15) is 19.0 Å². The number of rotatable bonds is 44. The Bertz CT molecular complexity index is 1030. The van der Waals surface area contributed by atoms with Crippen molar-refractivity contribution in [1.29, 1.82) is 0 Å². The molecule has 9 nitrogen and oxygen atoms in total. The van der Waals surface area contributed by atoms with Crippen LogP contribution in [0.1, 0.15) is 219 Å². The molecule has 334 valence electrons. The van der Waals surface area contributed by atoms with Gasteiger partial charge >= 0.3 is 19.8 Å². The minimum absolute atomic E-state index is 0.0508. The minimum Gasteiger partial charge on any atom is -0.462 e. The largest absolute Gasteiger partial charge is 0.472 e. The fraction of sp³-hybridized carbons (Fsp3) is 0.830. The average Bonchev–Trinajstić information content (AvgIpc) is 3.20. The van der Waals surface area contributed by atoms with Crippen LogP contribution < -0.4 is 5.73 Å². The monoisotopic (exact) mass is 826 g/mol. The van der Waals surface area contributed by atoms with Crippen LogP contribution in [0.3, 0.4) is 0 Å². The Balaban J connectivity index is 4.06. The first-order valence-corrected chi connectivity index (χ1v) is 25.0. The van der Waals surface area contributed by atoms with Crippen LogP contribution in [0.4, 0.5) is 0 Å². The number of allylic oxidation sites excluding steroid dienone is 6. The molecule has 0 aliphatic heterocycles. The Labute approximate surface area is 350 Å². The number of carbonyl (C=O) groups is 2. The topological polar surface area (TPSA) is 134 Å². The zero-order valence-electron chi connectivity index (χ0n) is 36.8. The van der Waals surface area contributed by atoms with Crippen LogP contribution >= 0.6 is 7.82 Å². The first kappa shape index (κ1) is 55.2. The summed E-state index contributed by atoms with van der Waals surface area (Å²) in [6.45, 7) is 3.63. The lowest BCUT2D eigenvalue weighted by atomic mass is 10.0. The standard InChI is InChI=1S/C47H88NO8P/c1-3-5-7-9-11-13-15-17-19-20-21-22-23-24-26-27-29-31-33-35-37-39-46(49)53-43-45(44-55-57(51,52)54-42-41-48)56-47(50)40-38-36-34-32-30-28-25-18-16-14-12-10-8-6-4-2/h6,8,12,14,18,25,45H,3-5,7,9-11,13,15-17,19-24,26-44,48H2,1-2H3,(H,51,52)/b8-6+,14-12+,25-18+/t45-/m0/s1. The molecule has 0 bridgehead atoms. The van der Waals surface area contributed by atoms with Crippen LogP contribution in [0.2, 0.25) is 0 Å². The average molecular weight is 826 g/mol. The van der Waals surface area contributed by atoms with E-state index in [0.717, 1.165) is 70.6 Å². The summed E-state index contributed by atoms with van der Waals surface area (Å²) in [6, 6.07) is 0. The van der Waals surface area contributed by atoms with Crippen LogP contribution in [0.15, 0.2) is 36.5 Å². The molecule has 0 saturated heterocycles. The summed E-state index contributed by atoms with van der Waals surface area (Å²) in [5.74, 6) is -0.840. The molecular weight excluding hydrogens is 737 g/mol. The summed E-state index contributed by atoms with van der Waals surface area (Å²) in [4.78, 5) is 34.9. The van der Waals surface area contributed by atoms with E-state index in [1.165, 1.54) is 116 Å². The number of phosphoric acid groups is 1. The van der Waals surface area contributed by atoms with Gasteiger partial charge in [-0.1, -0.05) is 198 Å². The van der Waals surface area contributed by atoms with Crippen LogP contribution in [0, 0.1) is 0 Å². The highest BCUT2D eigenvalue weighted by Crippen LogP contribution is 2.43. The van der Waals surface area contributed by atoms with Gasteiger partial charge in [0.05, 0.1) is 13.2 Å². The number of phosphoric ester groups is 1. The molecule has 0 saturated carbocycles. The second kappa shape index (κ2) is 43.8. The number of hydrogen-bond donors (Lipinski definition) is 2. The number of unbranched alkanes of at least 4 members (excludes halogenated alkanes) is 25. The summed E-state index contributed by atoms with van der Waals surface area (Å²) in [5, 5.41) is 0. The van der Waals surface area contributed by atoms with Gasteiger partial charge in [0.1, 0.15) is 6.61 Å². The van der Waals surface area contributed by atoms with Crippen molar-refractivity contribution in [3.63, 3.8) is 0 Å². The molecule has 2 atom stereocenters. The third-order valence-electron chi connectivity index (χ3n) is 10.0. The van der Waals surface area contributed by atoms with Crippen molar-refractivity contribution in [3.05, 3.63) is 36.5 Å². The highest BCUT2D eigenvalue weighted by Gasteiger charge is 2.26. The molecule has 0 aromatic rings. The molecule has 0 aliphatic carbocycles. The zero-order valence-corrected chi connectivity index (χ0v) is 37.7. The van der Waals surface area contributed by atoms with Crippen LogP contribution in [-0.4, -0.2) is 49.3 Å². The Morgan fingerprint density at radius 2 is 0.965 bits per heavy atom. The maximum atomic E-state index is 12.6. The Morgan fingerprint density at radius 3 is 1.44 bits per heavy atom. The van der Waals surface area contributed by atoms with Crippen molar-refractivity contribution in [2.24, 2.45) is 5.73 Å². The lowest BCUT2D eigenvalue weighted by Crippen LogP contribution is -2.29. The van der Waals surface area contributed by atoms with Crippen LogP contribution in [0.5, 0.6) is 0 Å². The SMILES string of the molecule is CC/C=C/C/C=C/C/C=C/CCCCCCCC(=O)O[C@@H](COC(=O)CCCCCCCCCCCCCCCCCCCCCCC)COP(=O)(O)OCCN. The first-order chi connectivity index (χ1) is 27.8. The molecule has 57 heavy (non-hydrogen) atoms. The molecule has 10 heteroatoms. The quantitative estimate of drug-likeness (QED) is 0.0266. The number of ether oxygens (including phenoxy) is 2. The van der Waals surface area contributed by atoms with Gasteiger partial charge in [-0.05, 0) is 44.9 Å². The van der Waals surface area contributed by atoms with Gasteiger partial charge in [0.2, 0.25) is 0 Å². The van der Waals surface area contributed by atoms with Crippen molar-refractivity contribution in [1.82, 2.24) is 0 Å². The lowest BCUT2D eigenvalue weighted by molar-refractivity contribution is -0.161. The minimum atomic E-state index is -4.38. The van der Waals surface area contributed by atoms with E-state index in [0.29, 0.717) is 6.42 Å². The van der Waals surface area contributed by atoms with E-state index in [1.807, 2.05) is 0 Å². The Morgan fingerprint density at radius 1 is 0.544 bits per heavy atom. The number of esters is 2. The number of carbonyl (C=O) groups excluding carboxylic acids is 2. The van der Waals surface area contributed by atoms with Gasteiger partial charge < -0.3 is 20.1 Å². The lowest BCUT2D eigenvalue weighted by Gasteiger charge is -2.19. The molecule has 0 fully saturated rings. The van der Waals surface area contributed by atoms with Crippen molar-refractivity contribution < 1.29 is 37.6 Å². The second-order valence-electron chi connectivity index (χ2n) is 15.6. The summed E-state index contributed by atoms with van der Waals surface area (Å²) < 4.78 is 32.8. The maximum Gasteiger partial charge on any atom is 0.472 e. The summed E-state index contributed by atoms with van der Waals surface area (Å²) in [7, 11) is -4.38. The Hall–Kier alpha value is -1.77. The molecule has 0 aliphatic rings. The summed E-state index contributed by atoms with van der Waals surface area (Å²) in [5.41, 5.74) is 5.35. The van der Waals surface area contributed by atoms with E-state index < -0.39 is 26.5 Å².